The lowest BCUT2D eigenvalue weighted by Crippen LogP contribution is -2.59. The van der Waals surface area contributed by atoms with Gasteiger partial charge in [0.1, 0.15) is 5.41 Å². The highest BCUT2D eigenvalue weighted by atomic mass is 16.6. The van der Waals surface area contributed by atoms with E-state index in [4.69, 9.17) is 4.74 Å². The molecular formula is C13H17NO3. The molecule has 17 heavy (non-hydrogen) atoms. The summed E-state index contributed by atoms with van der Waals surface area (Å²) in [5.74, 6) is -0.192. The Bertz CT molecular complexity index is 422. The highest BCUT2D eigenvalue weighted by molar-refractivity contribution is 5.95. The van der Waals surface area contributed by atoms with Crippen LogP contribution in [0.25, 0.3) is 0 Å². The lowest BCUT2D eigenvalue weighted by molar-refractivity contribution is -0.151. The Labute approximate surface area is 101 Å². The van der Waals surface area contributed by atoms with E-state index in [9.17, 15) is 9.59 Å². The molecule has 1 N–H and O–H groups in total. The SMILES string of the molecule is CCC12C(=O)OC(=O)NC1C=CC=C2C(C)C. The van der Waals surface area contributed by atoms with Crippen LogP contribution >= 0.6 is 0 Å². The number of cyclic esters (lactones) is 2. The van der Waals surface area contributed by atoms with Crippen LogP contribution in [0, 0.1) is 11.3 Å². The van der Waals surface area contributed by atoms with Crippen LogP contribution < -0.4 is 5.32 Å². The molecular weight excluding hydrogens is 218 g/mol. The van der Waals surface area contributed by atoms with Crippen molar-refractivity contribution in [1.29, 1.82) is 0 Å². The first-order chi connectivity index (χ1) is 8.02. The fraction of sp³-hybridized carbons (Fsp3) is 0.538. The van der Waals surface area contributed by atoms with Crippen LogP contribution in [0.4, 0.5) is 4.79 Å². The van der Waals surface area contributed by atoms with Gasteiger partial charge in [-0.05, 0) is 17.9 Å². The van der Waals surface area contributed by atoms with Crippen LogP contribution in [0.15, 0.2) is 23.8 Å². The average Bonchev–Trinajstić information content (AvgIpc) is 2.27. The molecule has 0 aromatic carbocycles. The quantitative estimate of drug-likeness (QED) is 0.589. The van der Waals surface area contributed by atoms with E-state index in [0.29, 0.717) is 6.42 Å². The lowest BCUT2D eigenvalue weighted by atomic mass is 9.65. The maximum atomic E-state index is 12.1. The van der Waals surface area contributed by atoms with E-state index in [1.165, 1.54) is 0 Å². The van der Waals surface area contributed by atoms with Crippen molar-refractivity contribution in [3.05, 3.63) is 23.8 Å². The molecule has 0 spiro atoms. The van der Waals surface area contributed by atoms with Gasteiger partial charge in [-0.15, -0.1) is 0 Å². The van der Waals surface area contributed by atoms with Crippen molar-refractivity contribution < 1.29 is 14.3 Å². The second-order valence-electron chi connectivity index (χ2n) is 4.79. The predicted molar refractivity (Wildman–Crippen MR) is 63.2 cm³/mol. The zero-order valence-corrected chi connectivity index (χ0v) is 10.3. The standard InChI is InChI=1S/C13H17NO3/c1-4-13-9(8(2)3)6-5-7-10(13)14-12(16)17-11(13)15/h5-8,10H,4H2,1-3H3,(H,14,16). The van der Waals surface area contributed by atoms with Gasteiger partial charge in [-0.25, -0.2) is 4.79 Å². The normalized spacial score (nSPS) is 31.8. The highest BCUT2D eigenvalue weighted by Gasteiger charge is 2.53. The van der Waals surface area contributed by atoms with Crippen LogP contribution in [-0.2, 0) is 9.53 Å². The van der Waals surface area contributed by atoms with Crippen molar-refractivity contribution in [3.63, 3.8) is 0 Å². The first kappa shape index (κ1) is 11.9. The summed E-state index contributed by atoms with van der Waals surface area (Å²) in [6, 6.07) is -0.288. The van der Waals surface area contributed by atoms with E-state index in [1.54, 1.807) is 0 Å². The molecule has 0 aromatic rings. The van der Waals surface area contributed by atoms with Crippen molar-refractivity contribution >= 4 is 12.1 Å². The predicted octanol–water partition coefficient (Wildman–Crippen LogP) is 2.17. The molecule has 1 aliphatic heterocycles. The average molecular weight is 235 g/mol. The van der Waals surface area contributed by atoms with Gasteiger partial charge in [0.25, 0.3) is 0 Å². The number of alkyl carbamates (subject to hydrolysis) is 1. The maximum Gasteiger partial charge on any atom is 0.415 e. The Morgan fingerprint density at radius 1 is 1.47 bits per heavy atom. The van der Waals surface area contributed by atoms with Crippen LogP contribution in [-0.4, -0.2) is 18.1 Å². The molecule has 4 heteroatoms. The summed E-state index contributed by atoms with van der Waals surface area (Å²) < 4.78 is 4.77. The number of allylic oxidation sites excluding steroid dienone is 2. The molecule has 1 aliphatic carbocycles. The van der Waals surface area contributed by atoms with Crippen LogP contribution in [0.5, 0.6) is 0 Å². The van der Waals surface area contributed by atoms with E-state index in [2.05, 4.69) is 5.32 Å². The van der Waals surface area contributed by atoms with Gasteiger partial charge in [0, 0.05) is 0 Å². The Hall–Kier alpha value is -1.58. The third-order valence-electron chi connectivity index (χ3n) is 3.63. The van der Waals surface area contributed by atoms with Crippen LogP contribution in [0.3, 0.4) is 0 Å². The summed E-state index contributed by atoms with van der Waals surface area (Å²) in [7, 11) is 0. The number of fused-ring (bicyclic) bond motifs is 1. The first-order valence-electron chi connectivity index (χ1n) is 5.94. The third-order valence-corrected chi connectivity index (χ3v) is 3.63. The molecule has 1 heterocycles. The topological polar surface area (TPSA) is 55.4 Å². The zero-order valence-electron chi connectivity index (χ0n) is 10.3. The minimum absolute atomic E-state index is 0.241. The second-order valence-corrected chi connectivity index (χ2v) is 4.79. The molecule has 0 radical (unpaired) electrons. The third kappa shape index (κ3) is 1.59. The summed E-state index contributed by atoms with van der Waals surface area (Å²) in [5.41, 5.74) is 0.300. The highest BCUT2D eigenvalue weighted by Crippen LogP contribution is 2.44. The molecule has 2 rings (SSSR count). The number of esters is 1. The molecule has 0 saturated carbocycles. The molecule has 2 unspecified atom stereocenters. The lowest BCUT2D eigenvalue weighted by Gasteiger charge is -2.44. The van der Waals surface area contributed by atoms with E-state index < -0.39 is 17.5 Å². The zero-order chi connectivity index (χ0) is 12.6. The van der Waals surface area contributed by atoms with Gasteiger partial charge in [-0.3, -0.25) is 4.79 Å². The first-order valence-corrected chi connectivity index (χ1v) is 5.94. The Morgan fingerprint density at radius 2 is 2.18 bits per heavy atom. The summed E-state index contributed by atoms with van der Waals surface area (Å²) in [4.78, 5) is 23.4. The molecule has 2 aliphatic rings. The van der Waals surface area contributed by atoms with Gasteiger partial charge in [0.15, 0.2) is 0 Å². The number of hydrogen-bond acceptors (Lipinski definition) is 3. The fourth-order valence-corrected chi connectivity index (χ4v) is 2.79. The summed E-state index contributed by atoms with van der Waals surface area (Å²) >= 11 is 0. The summed E-state index contributed by atoms with van der Waals surface area (Å²) in [5, 5.41) is 2.72. The number of carbonyl (C=O) groups excluding carboxylic acids is 2. The molecule has 1 fully saturated rings. The second kappa shape index (κ2) is 4.02. The molecule has 1 amide bonds. The molecule has 2 atom stereocenters. The molecule has 4 nitrogen and oxygen atoms in total. The van der Waals surface area contributed by atoms with Gasteiger partial charge in [0.05, 0.1) is 6.04 Å². The van der Waals surface area contributed by atoms with Crippen molar-refractivity contribution in [2.75, 3.05) is 0 Å². The van der Waals surface area contributed by atoms with E-state index in [-0.39, 0.29) is 12.0 Å². The monoisotopic (exact) mass is 235 g/mol. The smallest absolute Gasteiger partial charge is 0.376 e. The van der Waals surface area contributed by atoms with Gasteiger partial charge in [-0.1, -0.05) is 39.0 Å². The maximum absolute atomic E-state index is 12.1. The van der Waals surface area contributed by atoms with Crippen molar-refractivity contribution in [1.82, 2.24) is 5.32 Å². The van der Waals surface area contributed by atoms with Gasteiger partial charge < -0.3 is 10.1 Å². The van der Waals surface area contributed by atoms with Crippen molar-refractivity contribution in [2.45, 2.75) is 33.2 Å². The summed E-state index contributed by atoms with van der Waals surface area (Å²) in [6.07, 6.45) is 5.67. The number of carbonyl (C=O) groups is 2. The van der Waals surface area contributed by atoms with Gasteiger partial charge >= 0.3 is 12.1 Å². The fourth-order valence-electron chi connectivity index (χ4n) is 2.79. The van der Waals surface area contributed by atoms with Crippen molar-refractivity contribution in [2.24, 2.45) is 11.3 Å². The largest absolute Gasteiger partial charge is 0.415 e. The van der Waals surface area contributed by atoms with Crippen molar-refractivity contribution in [3.8, 4) is 0 Å². The number of amides is 1. The van der Waals surface area contributed by atoms with E-state index in [1.807, 2.05) is 39.0 Å². The van der Waals surface area contributed by atoms with Crippen LogP contribution in [0.1, 0.15) is 27.2 Å². The minimum atomic E-state index is -0.725. The molecule has 92 valence electrons. The number of nitrogens with one attached hydrogen (secondary N) is 1. The molecule has 1 saturated heterocycles. The Morgan fingerprint density at radius 3 is 2.76 bits per heavy atom. The van der Waals surface area contributed by atoms with Crippen LogP contribution in [0.2, 0.25) is 0 Å². The van der Waals surface area contributed by atoms with Gasteiger partial charge in [0.2, 0.25) is 0 Å². The van der Waals surface area contributed by atoms with E-state index in [0.717, 1.165) is 5.57 Å². The Kier molecular flexibility index (Phi) is 2.81. The number of hydrogen-bond donors (Lipinski definition) is 1. The van der Waals surface area contributed by atoms with E-state index >= 15 is 0 Å². The van der Waals surface area contributed by atoms with Gasteiger partial charge in [-0.2, -0.15) is 0 Å². The number of rotatable bonds is 2. The Balaban J connectivity index is 2.51. The minimum Gasteiger partial charge on any atom is -0.376 e. The summed E-state index contributed by atoms with van der Waals surface area (Å²) in [6.45, 7) is 6.04. The molecule has 0 bridgehead atoms. The molecule has 0 aromatic heterocycles. The number of ether oxygens (including phenoxy) is 1.